The van der Waals surface area contributed by atoms with Gasteiger partial charge < -0.3 is 14.5 Å². The molecule has 0 radical (unpaired) electrons. The molecule has 2 atom stereocenters. The molecule has 1 aromatic carbocycles. The van der Waals surface area contributed by atoms with Gasteiger partial charge in [0.15, 0.2) is 0 Å². The van der Waals surface area contributed by atoms with Gasteiger partial charge in [-0.05, 0) is 54.8 Å². The lowest BCUT2D eigenvalue weighted by atomic mass is 10.3. The van der Waals surface area contributed by atoms with Crippen molar-refractivity contribution in [3.63, 3.8) is 0 Å². The first-order chi connectivity index (χ1) is 10.7. The molecule has 1 aliphatic carbocycles. The van der Waals surface area contributed by atoms with Crippen molar-refractivity contribution in [3.8, 4) is 5.75 Å². The van der Waals surface area contributed by atoms with E-state index in [1.807, 2.05) is 12.1 Å². The highest BCUT2D eigenvalue weighted by atomic mass is 16.5. The molecular weight excluding hydrogens is 278 g/mol. The predicted molar refractivity (Wildman–Crippen MR) is 85.9 cm³/mol. The third-order valence-electron chi connectivity index (χ3n) is 3.88. The molecule has 3 rings (SSSR count). The van der Waals surface area contributed by atoms with Gasteiger partial charge in [-0.15, -0.1) is 0 Å². The zero-order valence-corrected chi connectivity index (χ0v) is 12.7. The molecular formula is C18H19NO3. The second kappa shape index (κ2) is 6.10. The first-order valence-electron chi connectivity index (χ1n) is 7.38. The van der Waals surface area contributed by atoms with Gasteiger partial charge in [0, 0.05) is 17.7 Å². The van der Waals surface area contributed by atoms with Crippen LogP contribution in [0.1, 0.15) is 30.8 Å². The van der Waals surface area contributed by atoms with Crippen molar-refractivity contribution in [1.82, 2.24) is 0 Å². The summed E-state index contributed by atoms with van der Waals surface area (Å²) in [6, 6.07) is 11.1. The van der Waals surface area contributed by atoms with E-state index >= 15 is 0 Å². The van der Waals surface area contributed by atoms with E-state index < -0.39 is 0 Å². The molecule has 0 bridgehead atoms. The Kier molecular flexibility index (Phi) is 4.00. The smallest absolute Gasteiger partial charge is 0.248 e. The van der Waals surface area contributed by atoms with Crippen LogP contribution < -0.4 is 10.1 Å². The van der Waals surface area contributed by atoms with Crippen LogP contribution in [0.3, 0.4) is 0 Å². The third-order valence-corrected chi connectivity index (χ3v) is 3.88. The lowest BCUT2D eigenvalue weighted by Crippen LogP contribution is -2.07. The van der Waals surface area contributed by atoms with Gasteiger partial charge in [-0.25, -0.2) is 0 Å². The molecule has 1 heterocycles. The zero-order chi connectivity index (χ0) is 15.5. The van der Waals surface area contributed by atoms with Crippen molar-refractivity contribution in [1.29, 1.82) is 0 Å². The maximum atomic E-state index is 11.9. The lowest BCUT2D eigenvalue weighted by molar-refractivity contribution is -0.111. The Morgan fingerprint density at radius 2 is 2.00 bits per heavy atom. The molecule has 4 heteroatoms. The van der Waals surface area contributed by atoms with Gasteiger partial charge in [0.1, 0.15) is 17.3 Å². The van der Waals surface area contributed by atoms with Crippen LogP contribution >= 0.6 is 0 Å². The number of carbonyl (C=O) groups is 1. The fraction of sp³-hybridized carbons (Fsp3) is 0.278. The summed E-state index contributed by atoms with van der Waals surface area (Å²) in [5.74, 6) is 3.55. The number of ether oxygens (including phenoxy) is 1. The fourth-order valence-corrected chi connectivity index (χ4v) is 2.39. The van der Waals surface area contributed by atoms with Crippen LogP contribution in [0.15, 0.2) is 46.9 Å². The molecule has 1 N–H and O–H groups in total. The quantitative estimate of drug-likeness (QED) is 0.847. The minimum Gasteiger partial charge on any atom is -0.497 e. The van der Waals surface area contributed by atoms with Crippen molar-refractivity contribution in [2.75, 3.05) is 12.4 Å². The number of carbonyl (C=O) groups excluding carboxylic acids is 1. The fourth-order valence-electron chi connectivity index (χ4n) is 2.39. The largest absolute Gasteiger partial charge is 0.497 e. The van der Waals surface area contributed by atoms with Gasteiger partial charge in [0.25, 0.3) is 0 Å². The predicted octanol–water partition coefficient (Wildman–Crippen LogP) is 4.06. The maximum absolute atomic E-state index is 11.9. The molecule has 2 aromatic rings. The number of methoxy groups -OCH3 is 1. The first-order valence-corrected chi connectivity index (χ1v) is 7.38. The van der Waals surface area contributed by atoms with Crippen molar-refractivity contribution in [3.05, 3.63) is 54.0 Å². The van der Waals surface area contributed by atoms with Crippen LogP contribution in [0.25, 0.3) is 6.08 Å². The molecule has 0 spiro atoms. The van der Waals surface area contributed by atoms with Crippen molar-refractivity contribution >= 4 is 17.7 Å². The van der Waals surface area contributed by atoms with E-state index in [9.17, 15) is 4.79 Å². The van der Waals surface area contributed by atoms with Gasteiger partial charge in [0.05, 0.1) is 7.11 Å². The normalized spacial score (nSPS) is 20.1. The van der Waals surface area contributed by atoms with Crippen LogP contribution in [0, 0.1) is 5.92 Å². The van der Waals surface area contributed by atoms with Crippen LogP contribution in [0.4, 0.5) is 5.69 Å². The Bertz CT molecular complexity index is 685. The standard InChI is InChI=1S/C18H19NO3/c1-12-11-16(12)17-9-7-15(22-17)8-10-18(20)19-13-3-5-14(21-2)6-4-13/h3-10,12,16H,11H2,1-2H3,(H,19,20)/b10-8+/t12-,16+/m1/s1. The zero-order valence-electron chi connectivity index (χ0n) is 12.7. The summed E-state index contributed by atoms with van der Waals surface area (Å²) < 4.78 is 10.8. The Hall–Kier alpha value is -2.49. The van der Waals surface area contributed by atoms with E-state index in [2.05, 4.69) is 12.2 Å². The summed E-state index contributed by atoms with van der Waals surface area (Å²) in [6.07, 6.45) is 4.35. The van der Waals surface area contributed by atoms with Gasteiger partial charge in [0.2, 0.25) is 5.91 Å². The van der Waals surface area contributed by atoms with Gasteiger partial charge in [-0.3, -0.25) is 4.79 Å². The molecule has 0 aliphatic heterocycles. The second-order valence-electron chi connectivity index (χ2n) is 5.61. The van der Waals surface area contributed by atoms with E-state index in [-0.39, 0.29) is 5.91 Å². The number of amides is 1. The molecule has 1 aromatic heterocycles. The monoisotopic (exact) mass is 297 g/mol. The number of hydrogen-bond acceptors (Lipinski definition) is 3. The summed E-state index contributed by atoms with van der Waals surface area (Å²) in [4.78, 5) is 11.9. The highest BCUT2D eigenvalue weighted by Crippen LogP contribution is 2.47. The number of anilines is 1. The summed E-state index contributed by atoms with van der Waals surface area (Å²) in [7, 11) is 1.61. The maximum Gasteiger partial charge on any atom is 0.248 e. The van der Waals surface area contributed by atoms with Gasteiger partial charge >= 0.3 is 0 Å². The number of nitrogens with one attached hydrogen (secondary N) is 1. The van der Waals surface area contributed by atoms with E-state index in [1.165, 1.54) is 12.5 Å². The molecule has 0 unspecified atom stereocenters. The topological polar surface area (TPSA) is 51.5 Å². The number of benzene rings is 1. The summed E-state index contributed by atoms with van der Waals surface area (Å²) >= 11 is 0. The Labute approximate surface area is 129 Å². The highest BCUT2D eigenvalue weighted by Gasteiger charge is 2.36. The SMILES string of the molecule is COc1ccc(NC(=O)/C=C/c2ccc([C@H]3C[C@H]3C)o2)cc1. The van der Waals surface area contributed by atoms with Gasteiger partial charge in [-0.2, -0.15) is 0 Å². The Morgan fingerprint density at radius 1 is 1.27 bits per heavy atom. The highest BCUT2D eigenvalue weighted by molar-refractivity contribution is 6.01. The molecule has 1 amide bonds. The van der Waals surface area contributed by atoms with E-state index in [0.29, 0.717) is 17.6 Å². The van der Waals surface area contributed by atoms with E-state index in [4.69, 9.17) is 9.15 Å². The summed E-state index contributed by atoms with van der Waals surface area (Å²) in [5.41, 5.74) is 0.724. The van der Waals surface area contributed by atoms with Crippen molar-refractivity contribution < 1.29 is 13.9 Å². The lowest BCUT2D eigenvalue weighted by Gasteiger charge is -2.03. The molecule has 1 aliphatic rings. The number of furan rings is 1. The number of hydrogen-bond donors (Lipinski definition) is 1. The van der Waals surface area contributed by atoms with Gasteiger partial charge in [-0.1, -0.05) is 6.92 Å². The summed E-state index contributed by atoms with van der Waals surface area (Å²) in [5, 5.41) is 2.79. The molecule has 0 saturated heterocycles. The average Bonchev–Trinajstić information content (AvgIpc) is 3.08. The average molecular weight is 297 g/mol. The molecule has 114 valence electrons. The van der Waals surface area contributed by atoms with E-state index in [1.54, 1.807) is 37.5 Å². The second-order valence-corrected chi connectivity index (χ2v) is 5.61. The van der Waals surface area contributed by atoms with Crippen molar-refractivity contribution in [2.24, 2.45) is 5.92 Å². The van der Waals surface area contributed by atoms with Crippen molar-refractivity contribution in [2.45, 2.75) is 19.3 Å². The Morgan fingerprint density at radius 3 is 2.64 bits per heavy atom. The molecule has 22 heavy (non-hydrogen) atoms. The minimum absolute atomic E-state index is 0.192. The van der Waals surface area contributed by atoms with E-state index in [0.717, 1.165) is 17.2 Å². The first kappa shape index (κ1) is 14.4. The van der Waals surface area contributed by atoms with Crippen LogP contribution in [-0.4, -0.2) is 13.0 Å². The van der Waals surface area contributed by atoms with Crippen LogP contribution in [-0.2, 0) is 4.79 Å². The number of rotatable bonds is 5. The molecule has 4 nitrogen and oxygen atoms in total. The molecule has 1 saturated carbocycles. The minimum atomic E-state index is -0.192. The van der Waals surface area contributed by atoms with Crippen LogP contribution in [0.5, 0.6) is 5.75 Å². The van der Waals surface area contributed by atoms with Crippen LogP contribution in [0.2, 0.25) is 0 Å². The Balaban J connectivity index is 1.57. The third kappa shape index (κ3) is 3.39. The summed E-state index contributed by atoms with van der Waals surface area (Å²) in [6.45, 7) is 2.21. The molecule has 1 fully saturated rings.